The van der Waals surface area contributed by atoms with Crippen LogP contribution in [0.15, 0.2) is 59.7 Å². The van der Waals surface area contributed by atoms with Crippen molar-refractivity contribution >= 4 is 41.2 Å². The summed E-state index contributed by atoms with van der Waals surface area (Å²) in [5.41, 5.74) is 1.55. The molecule has 5 nitrogen and oxygen atoms in total. The number of halogens is 2. The van der Waals surface area contributed by atoms with Crippen LogP contribution in [0.4, 0.5) is 0 Å². The first-order valence-electron chi connectivity index (χ1n) is 9.79. The average molecular weight is 441 g/mol. The van der Waals surface area contributed by atoms with Crippen LogP contribution >= 0.6 is 23.2 Å². The zero-order chi connectivity index (χ0) is 20.8. The highest BCUT2D eigenvalue weighted by Crippen LogP contribution is 2.52. The van der Waals surface area contributed by atoms with Crippen molar-refractivity contribution in [2.45, 2.75) is 13.0 Å². The van der Waals surface area contributed by atoms with E-state index in [2.05, 4.69) is 17.3 Å². The first-order chi connectivity index (χ1) is 14.5. The van der Waals surface area contributed by atoms with Crippen molar-refractivity contribution in [3.05, 3.63) is 75.8 Å². The standard InChI is InChI=1S/C23H18Cl2N2O3/c24-17-8-5-13(9-18(17)25)12-30-19-4-2-1-3-16(19)11-26-27-22(28)20-14-6-7-15(10-14)21(20)23(27)29/h1-9,11,14-15,20-21H,10,12H2. The molecule has 2 aromatic rings. The molecule has 152 valence electrons. The minimum atomic E-state index is -0.259. The van der Waals surface area contributed by atoms with Crippen LogP contribution in [-0.4, -0.2) is 23.0 Å². The Labute approximate surface area is 183 Å². The van der Waals surface area contributed by atoms with Crippen LogP contribution in [0.3, 0.4) is 0 Å². The van der Waals surface area contributed by atoms with Gasteiger partial charge in [0, 0.05) is 5.56 Å². The number of imide groups is 1. The molecular formula is C23H18Cl2N2O3. The third-order valence-electron chi connectivity index (χ3n) is 6.06. The van der Waals surface area contributed by atoms with Gasteiger partial charge in [-0.25, -0.2) is 0 Å². The molecule has 2 amide bonds. The molecule has 0 N–H and O–H groups in total. The molecule has 1 saturated carbocycles. The summed E-state index contributed by atoms with van der Waals surface area (Å²) in [5, 5.41) is 6.23. The van der Waals surface area contributed by atoms with Crippen molar-refractivity contribution in [1.29, 1.82) is 0 Å². The maximum Gasteiger partial charge on any atom is 0.254 e. The van der Waals surface area contributed by atoms with Gasteiger partial charge in [0.25, 0.3) is 11.8 Å². The summed E-state index contributed by atoms with van der Waals surface area (Å²) in [5.74, 6) is 0.00138. The lowest BCUT2D eigenvalue weighted by molar-refractivity contribution is -0.140. The van der Waals surface area contributed by atoms with E-state index in [9.17, 15) is 9.59 Å². The summed E-state index contributed by atoms with van der Waals surface area (Å²) in [6, 6.07) is 12.6. The molecular weight excluding hydrogens is 423 g/mol. The Morgan fingerprint density at radius 1 is 1.00 bits per heavy atom. The summed E-state index contributed by atoms with van der Waals surface area (Å²) in [7, 11) is 0. The second kappa shape index (κ2) is 7.56. The highest BCUT2D eigenvalue weighted by Gasteiger charge is 2.59. The number of amides is 2. The monoisotopic (exact) mass is 440 g/mol. The second-order valence-electron chi connectivity index (χ2n) is 7.81. The third-order valence-corrected chi connectivity index (χ3v) is 6.80. The van der Waals surface area contributed by atoms with E-state index in [-0.39, 0.29) is 35.5 Å². The molecule has 4 unspecified atom stereocenters. The number of carbonyl (C=O) groups excluding carboxylic acids is 2. The molecule has 7 heteroatoms. The number of fused-ring (bicyclic) bond motifs is 5. The maximum atomic E-state index is 12.8. The van der Waals surface area contributed by atoms with Gasteiger partial charge in [-0.15, -0.1) is 0 Å². The Kier molecular flexibility index (Phi) is 4.88. The lowest BCUT2D eigenvalue weighted by Crippen LogP contribution is -2.28. The summed E-state index contributed by atoms with van der Waals surface area (Å²) in [4.78, 5) is 25.5. The summed E-state index contributed by atoms with van der Waals surface area (Å²) >= 11 is 12.0. The molecule has 2 bridgehead atoms. The number of para-hydroxylation sites is 1. The molecule has 30 heavy (non-hydrogen) atoms. The Balaban J connectivity index is 1.32. The van der Waals surface area contributed by atoms with Gasteiger partial charge in [0.05, 0.1) is 28.1 Å². The molecule has 0 radical (unpaired) electrons. The minimum Gasteiger partial charge on any atom is -0.488 e. The SMILES string of the molecule is O=C1C2C3C=CC(C3)C2C(=O)N1N=Cc1ccccc1OCc1ccc(Cl)c(Cl)c1. The number of nitrogens with zero attached hydrogens (tertiary/aromatic N) is 2. The topological polar surface area (TPSA) is 59.0 Å². The molecule has 0 spiro atoms. The zero-order valence-electron chi connectivity index (χ0n) is 15.9. The van der Waals surface area contributed by atoms with Gasteiger partial charge in [-0.2, -0.15) is 10.1 Å². The number of rotatable bonds is 5. The van der Waals surface area contributed by atoms with E-state index < -0.39 is 0 Å². The van der Waals surface area contributed by atoms with Crippen molar-refractivity contribution in [3.63, 3.8) is 0 Å². The average Bonchev–Trinajstić information content (AvgIpc) is 3.42. The van der Waals surface area contributed by atoms with Gasteiger partial charge in [0.15, 0.2) is 0 Å². The molecule has 0 aromatic heterocycles. The fraction of sp³-hybridized carbons (Fsp3) is 0.261. The molecule has 5 rings (SSSR count). The van der Waals surface area contributed by atoms with Gasteiger partial charge in [-0.1, -0.05) is 53.6 Å². The van der Waals surface area contributed by atoms with E-state index >= 15 is 0 Å². The van der Waals surface area contributed by atoms with Crippen LogP contribution in [0, 0.1) is 23.7 Å². The van der Waals surface area contributed by atoms with Gasteiger partial charge in [-0.05, 0) is 48.1 Å². The van der Waals surface area contributed by atoms with Crippen LogP contribution in [0.1, 0.15) is 17.5 Å². The summed E-state index contributed by atoms with van der Waals surface area (Å²) in [6.07, 6.45) is 6.54. The van der Waals surface area contributed by atoms with Crippen LogP contribution in [0.5, 0.6) is 5.75 Å². The number of ether oxygens (including phenoxy) is 1. The molecule has 4 atom stereocenters. The van der Waals surface area contributed by atoms with Gasteiger partial charge in [0.2, 0.25) is 0 Å². The van der Waals surface area contributed by atoms with Crippen molar-refractivity contribution in [2.24, 2.45) is 28.8 Å². The maximum absolute atomic E-state index is 12.8. The van der Waals surface area contributed by atoms with E-state index in [0.717, 1.165) is 17.0 Å². The number of allylic oxidation sites excluding steroid dienone is 2. The van der Waals surface area contributed by atoms with Crippen molar-refractivity contribution in [2.75, 3.05) is 0 Å². The Morgan fingerprint density at radius 3 is 2.40 bits per heavy atom. The van der Waals surface area contributed by atoms with Gasteiger partial charge >= 0.3 is 0 Å². The second-order valence-corrected chi connectivity index (χ2v) is 8.62. The Bertz CT molecular complexity index is 1070. The van der Waals surface area contributed by atoms with Crippen LogP contribution in [0.2, 0.25) is 10.0 Å². The molecule has 3 aliphatic rings. The van der Waals surface area contributed by atoms with E-state index in [4.69, 9.17) is 27.9 Å². The van der Waals surface area contributed by atoms with Crippen molar-refractivity contribution < 1.29 is 14.3 Å². The molecule has 2 aliphatic carbocycles. The number of benzene rings is 2. The lowest BCUT2D eigenvalue weighted by atomic mass is 9.85. The molecule has 1 heterocycles. The minimum absolute atomic E-state index is 0.165. The molecule has 1 saturated heterocycles. The van der Waals surface area contributed by atoms with E-state index in [1.165, 1.54) is 6.21 Å². The first kappa shape index (κ1) is 19.3. The molecule has 2 aromatic carbocycles. The number of hydrogen-bond donors (Lipinski definition) is 0. The van der Waals surface area contributed by atoms with Crippen LogP contribution in [0.25, 0.3) is 0 Å². The van der Waals surface area contributed by atoms with E-state index in [1.807, 2.05) is 30.3 Å². The van der Waals surface area contributed by atoms with Gasteiger partial charge < -0.3 is 4.74 Å². The van der Waals surface area contributed by atoms with Gasteiger partial charge in [0.1, 0.15) is 12.4 Å². The van der Waals surface area contributed by atoms with Crippen LogP contribution < -0.4 is 4.74 Å². The largest absolute Gasteiger partial charge is 0.488 e. The number of carbonyl (C=O) groups is 2. The normalized spacial score (nSPS) is 26.8. The fourth-order valence-electron chi connectivity index (χ4n) is 4.63. The van der Waals surface area contributed by atoms with Crippen molar-refractivity contribution in [3.8, 4) is 5.75 Å². The molecule has 1 aliphatic heterocycles. The quantitative estimate of drug-likeness (QED) is 0.384. The summed E-state index contributed by atoms with van der Waals surface area (Å²) < 4.78 is 5.91. The predicted octanol–water partition coefficient (Wildman–Crippen LogP) is 4.71. The number of hydrogen-bond acceptors (Lipinski definition) is 4. The van der Waals surface area contributed by atoms with Gasteiger partial charge in [-0.3, -0.25) is 9.59 Å². The van der Waals surface area contributed by atoms with Crippen LogP contribution in [-0.2, 0) is 16.2 Å². The first-order valence-corrected chi connectivity index (χ1v) is 10.5. The fourth-order valence-corrected chi connectivity index (χ4v) is 4.95. The highest BCUT2D eigenvalue weighted by atomic mass is 35.5. The summed E-state index contributed by atoms with van der Waals surface area (Å²) in [6.45, 7) is 0.294. The van der Waals surface area contributed by atoms with Crippen molar-refractivity contribution in [1.82, 2.24) is 5.01 Å². The Morgan fingerprint density at radius 2 is 1.70 bits per heavy atom. The Hall–Kier alpha value is -2.63. The third kappa shape index (κ3) is 3.22. The lowest BCUT2D eigenvalue weighted by Gasteiger charge is -2.13. The predicted molar refractivity (Wildman–Crippen MR) is 114 cm³/mol. The highest BCUT2D eigenvalue weighted by molar-refractivity contribution is 6.42. The zero-order valence-corrected chi connectivity index (χ0v) is 17.4. The number of hydrazone groups is 1. The smallest absolute Gasteiger partial charge is 0.254 e. The molecule has 2 fully saturated rings. The van der Waals surface area contributed by atoms with E-state index in [1.54, 1.807) is 12.1 Å². The van der Waals surface area contributed by atoms with E-state index in [0.29, 0.717) is 28.0 Å².